The van der Waals surface area contributed by atoms with Crippen LogP contribution in [0.5, 0.6) is 0 Å². The molecule has 0 aromatic heterocycles. The molecule has 3 rings (SSSR count). The van der Waals surface area contributed by atoms with E-state index >= 15 is 0 Å². The zero-order chi connectivity index (χ0) is 24.6. The number of carbonyl (C=O) groups is 2. The molecule has 0 bridgehead atoms. The van der Waals surface area contributed by atoms with E-state index in [0.717, 1.165) is 18.1 Å². The summed E-state index contributed by atoms with van der Waals surface area (Å²) < 4.78 is 0. The molecule has 0 radical (unpaired) electrons. The Morgan fingerprint density at radius 2 is 0.806 bits per heavy atom. The van der Waals surface area contributed by atoms with Crippen LogP contribution in [0.2, 0.25) is 0 Å². The maximum atomic E-state index is 9.17. The van der Waals surface area contributed by atoms with Crippen LogP contribution in [0.15, 0.2) is 0 Å². The van der Waals surface area contributed by atoms with E-state index in [0.29, 0.717) is 6.42 Å². The van der Waals surface area contributed by atoms with Crippen LogP contribution in [0.3, 0.4) is 0 Å². The molecular formula is C29H62O2. The van der Waals surface area contributed by atoms with Crippen LogP contribution in [0, 0.1) is 11.8 Å². The first kappa shape index (κ1) is 37.6. The van der Waals surface area contributed by atoms with E-state index in [1.807, 2.05) is 27.6 Å². The van der Waals surface area contributed by atoms with Gasteiger partial charge in [-0.05, 0) is 11.8 Å². The van der Waals surface area contributed by atoms with Crippen molar-refractivity contribution in [3.63, 3.8) is 0 Å². The molecule has 0 spiro atoms. The minimum Gasteiger partial charge on any atom is -0.307 e. The standard InChI is InChI=1S/C7H14.2C6H12.C4H10.C3H6O.C2H6.CH2O/c1-7-5-3-2-4-6-7;2*1-2-4-6-5-3-1;1-4(2)3;1-2-3-4;2*1-2/h7H,2-6H2,1H3;2*1-6H2;4H,1-3H3;3H,2H2,1H3;1-2H3;1H2. The number of hydrogen-bond donors (Lipinski definition) is 0. The molecule has 31 heavy (non-hydrogen) atoms. The second kappa shape index (κ2) is 39.8. The smallest absolute Gasteiger partial charge is 0.119 e. The van der Waals surface area contributed by atoms with Crippen molar-refractivity contribution in [2.45, 2.75) is 164 Å². The monoisotopic (exact) mass is 442 g/mol. The number of hydrogen-bond acceptors (Lipinski definition) is 2. The fraction of sp³-hybridized carbons (Fsp3) is 0.931. The predicted molar refractivity (Wildman–Crippen MR) is 143 cm³/mol. The Hall–Kier alpha value is -0.660. The molecule has 0 aromatic rings. The number of aldehydes is 1. The van der Waals surface area contributed by atoms with Gasteiger partial charge in [0.1, 0.15) is 13.1 Å². The average Bonchev–Trinajstić information content (AvgIpc) is 2.85. The van der Waals surface area contributed by atoms with Crippen molar-refractivity contribution in [2.75, 3.05) is 0 Å². The molecule has 3 fully saturated rings. The third-order valence-corrected chi connectivity index (χ3v) is 5.06. The van der Waals surface area contributed by atoms with E-state index in [1.54, 1.807) is 0 Å². The number of carbonyl (C=O) groups excluding carboxylic acids is 2. The molecule has 190 valence electrons. The van der Waals surface area contributed by atoms with Crippen molar-refractivity contribution in [3.05, 3.63) is 0 Å². The summed E-state index contributed by atoms with van der Waals surface area (Å²) in [5, 5.41) is 0. The molecule has 0 N–H and O–H groups in total. The van der Waals surface area contributed by atoms with Gasteiger partial charge in [-0.2, -0.15) is 0 Å². The molecular weight excluding hydrogens is 380 g/mol. The van der Waals surface area contributed by atoms with Crippen molar-refractivity contribution >= 4 is 13.1 Å². The molecule has 0 amide bonds. The van der Waals surface area contributed by atoms with Crippen molar-refractivity contribution < 1.29 is 9.59 Å². The normalized spacial score (nSPS) is 17.3. The lowest BCUT2D eigenvalue weighted by Crippen LogP contribution is -1.99. The first-order chi connectivity index (χ1) is 15.0. The summed E-state index contributed by atoms with van der Waals surface area (Å²) in [6, 6.07) is 0. The Balaban J connectivity index is -0.000000143. The van der Waals surface area contributed by atoms with Crippen molar-refractivity contribution in [1.82, 2.24) is 0 Å². The van der Waals surface area contributed by atoms with Gasteiger partial charge in [-0.15, -0.1) is 0 Å². The Morgan fingerprint density at radius 1 is 0.645 bits per heavy atom. The largest absolute Gasteiger partial charge is 0.307 e. The third kappa shape index (κ3) is 53.0. The van der Waals surface area contributed by atoms with Gasteiger partial charge in [0.15, 0.2) is 0 Å². The van der Waals surface area contributed by atoms with Crippen molar-refractivity contribution in [1.29, 1.82) is 0 Å². The van der Waals surface area contributed by atoms with Gasteiger partial charge >= 0.3 is 0 Å². The molecule has 2 heteroatoms. The van der Waals surface area contributed by atoms with E-state index in [4.69, 9.17) is 4.79 Å². The van der Waals surface area contributed by atoms with E-state index in [9.17, 15) is 4.79 Å². The highest BCUT2D eigenvalue weighted by atomic mass is 16.1. The third-order valence-electron chi connectivity index (χ3n) is 5.06. The van der Waals surface area contributed by atoms with Gasteiger partial charge in [-0.1, -0.05) is 158 Å². The molecule has 0 aliphatic heterocycles. The van der Waals surface area contributed by atoms with Crippen LogP contribution in [0.4, 0.5) is 0 Å². The van der Waals surface area contributed by atoms with Crippen LogP contribution in [-0.4, -0.2) is 13.1 Å². The maximum absolute atomic E-state index is 9.17. The highest BCUT2D eigenvalue weighted by Gasteiger charge is 2.05. The van der Waals surface area contributed by atoms with E-state index in [2.05, 4.69) is 27.7 Å². The fourth-order valence-electron chi connectivity index (χ4n) is 3.43. The molecule has 0 heterocycles. The van der Waals surface area contributed by atoms with Crippen LogP contribution in [-0.2, 0) is 9.59 Å². The molecule has 0 aromatic carbocycles. The Bertz CT molecular complexity index is 224. The minimum absolute atomic E-state index is 0.639. The SMILES string of the molecule is C1CCCCC1.C1CCCCC1.C=O.CC.CC(C)C.CC1CCCCC1.CCC=O. The summed E-state index contributed by atoms with van der Waals surface area (Å²) in [5.41, 5.74) is 0. The second-order valence-electron chi connectivity index (χ2n) is 9.29. The zero-order valence-electron chi connectivity index (χ0n) is 23.0. The topological polar surface area (TPSA) is 34.1 Å². The van der Waals surface area contributed by atoms with Gasteiger partial charge < -0.3 is 9.59 Å². The van der Waals surface area contributed by atoms with Gasteiger partial charge in [-0.3, -0.25) is 0 Å². The highest BCUT2D eigenvalue weighted by Crippen LogP contribution is 2.22. The van der Waals surface area contributed by atoms with Gasteiger partial charge in [-0.25, -0.2) is 0 Å². The molecule has 0 unspecified atom stereocenters. The van der Waals surface area contributed by atoms with Crippen LogP contribution < -0.4 is 0 Å². The second-order valence-corrected chi connectivity index (χ2v) is 9.29. The lowest BCUT2D eigenvalue weighted by molar-refractivity contribution is -0.107. The lowest BCUT2D eigenvalue weighted by Gasteiger charge is -2.15. The van der Waals surface area contributed by atoms with E-state index in [1.165, 1.54) is 109 Å². The van der Waals surface area contributed by atoms with Crippen molar-refractivity contribution in [3.8, 4) is 0 Å². The Kier molecular flexibility index (Phi) is 48.3. The molecule has 3 saturated carbocycles. The summed E-state index contributed by atoms with van der Waals surface area (Å²) in [6.45, 7) is 16.7. The summed E-state index contributed by atoms with van der Waals surface area (Å²) >= 11 is 0. The Morgan fingerprint density at radius 3 is 0.903 bits per heavy atom. The lowest BCUT2D eigenvalue weighted by atomic mass is 9.91. The molecule has 0 atom stereocenters. The van der Waals surface area contributed by atoms with Crippen LogP contribution in [0.1, 0.15) is 164 Å². The van der Waals surface area contributed by atoms with Gasteiger partial charge in [0.2, 0.25) is 0 Å². The minimum atomic E-state index is 0.639. The summed E-state index contributed by atoms with van der Waals surface area (Å²) in [5.74, 6) is 1.87. The summed E-state index contributed by atoms with van der Waals surface area (Å²) in [6.07, 6.45) is 27.0. The molecule has 2 nitrogen and oxygen atoms in total. The van der Waals surface area contributed by atoms with Crippen molar-refractivity contribution in [2.24, 2.45) is 11.8 Å². The number of rotatable bonds is 1. The van der Waals surface area contributed by atoms with Gasteiger partial charge in [0.25, 0.3) is 0 Å². The van der Waals surface area contributed by atoms with E-state index < -0.39 is 0 Å². The van der Waals surface area contributed by atoms with Gasteiger partial charge in [0, 0.05) is 6.42 Å². The van der Waals surface area contributed by atoms with E-state index in [-0.39, 0.29) is 0 Å². The summed E-state index contributed by atoms with van der Waals surface area (Å²) in [7, 11) is 0. The first-order valence-electron chi connectivity index (χ1n) is 13.8. The highest BCUT2D eigenvalue weighted by molar-refractivity contribution is 5.48. The Labute approximate surface area is 198 Å². The van der Waals surface area contributed by atoms with Crippen LogP contribution in [0.25, 0.3) is 0 Å². The van der Waals surface area contributed by atoms with Crippen LogP contribution >= 0.6 is 0 Å². The maximum Gasteiger partial charge on any atom is 0.119 e. The molecule has 0 saturated heterocycles. The quantitative estimate of drug-likeness (QED) is 0.378. The van der Waals surface area contributed by atoms with Gasteiger partial charge in [0.05, 0.1) is 0 Å². The first-order valence-corrected chi connectivity index (χ1v) is 13.8. The predicted octanol–water partition coefficient (Wildman–Crippen LogP) is 10.4. The zero-order valence-corrected chi connectivity index (χ0v) is 23.0. The fourth-order valence-corrected chi connectivity index (χ4v) is 3.43. The summed E-state index contributed by atoms with van der Waals surface area (Å²) in [4.78, 5) is 17.2. The average molecular weight is 443 g/mol. The molecule has 3 aliphatic rings. The molecule has 3 aliphatic carbocycles.